The van der Waals surface area contributed by atoms with E-state index in [1.165, 1.54) is 4.90 Å². The lowest BCUT2D eigenvalue weighted by atomic mass is 9.92. The Kier molecular flexibility index (Phi) is 2.92. The minimum atomic E-state index is -0.607. The normalized spacial score (nSPS) is 17.9. The second-order valence-corrected chi connectivity index (χ2v) is 5.16. The molecular formula is C14H14N2O2. The number of carbonyl (C=O) groups is 2. The van der Waals surface area contributed by atoms with Crippen molar-refractivity contribution < 1.29 is 9.59 Å². The summed E-state index contributed by atoms with van der Waals surface area (Å²) in [5.74, 6) is -0.290. The van der Waals surface area contributed by atoms with E-state index in [-0.39, 0.29) is 24.8 Å². The topological polar surface area (TPSA) is 61.2 Å². The van der Waals surface area contributed by atoms with Crippen LogP contribution in [0.1, 0.15) is 31.4 Å². The molecule has 0 N–H and O–H groups in total. The predicted molar refractivity (Wildman–Crippen MR) is 65.1 cm³/mol. The molecule has 0 aliphatic carbocycles. The van der Waals surface area contributed by atoms with E-state index in [0.29, 0.717) is 5.56 Å². The smallest absolute Gasteiger partial charge is 0.235 e. The maximum Gasteiger partial charge on any atom is 0.235 e. The molecule has 1 aromatic rings. The summed E-state index contributed by atoms with van der Waals surface area (Å²) in [6.45, 7) is 3.80. The Bertz CT molecular complexity index is 555. The predicted octanol–water partition coefficient (Wildman–Crippen LogP) is 1.84. The van der Waals surface area contributed by atoms with Gasteiger partial charge in [-0.2, -0.15) is 5.26 Å². The fourth-order valence-corrected chi connectivity index (χ4v) is 2.11. The van der Waals surface area contributed by atoms with Crippen LogP contribution < -0.4 is 0 Å². The van der Waals surface area contributed by atoms with Crippen LogP contribution in [0.2, 0.25) is 0 Å². The summed E-state index contributed by atoms with van der Waals surface area (Å²) in [5.41, 5.74) is 0.725. The molecule has 1 saturated heterocycles. The standard InChI is InChI=1S/C14H14N2O2/c1-14(2)7-12(17)16(13(14)18)9-11-5-3-4-10(6-11)8-15/h3-6H,7,9H2,1-2H3. The molecule has 92 valence electrons. The van der Waals surface area contributed by atoms with Gasteiger partial charge in [0, 0.05) is 6.42 Å². The van der Waals surface area contributed by atoms with Gasteiger partial charge in [0.05, 0.1) is 23.6 Å². The molecule has 1 aliphatic rings. The van der Waals surface area contributed by atoms with Crippen LogP contribution in [-0.4, -0.2) is 16.7 Å². The molecule has 1 fully saturated rings. The van der Waals surface area contributed by atoms with Gasteiger partial charge in [0.2, 0.25) is 11.8 Å². The number of benzene rings is 1. The third-order valence-electron chi connectivity index (χ3n) is 3.12. The zero-order chi connectivity index (χ0) is 13.3. The van der Waals surface area contributed by atoms with E-state index in [4.69, 9.17) is 5.26 Å². The Balaban J connectivity index is 2.22. The van der Waals surface area contributed by atoms with Crippen molar-refractivity contribution in [2.45, 2.75) is 26.8 Å². The number of nitrogens with zero attached hydrogens (tertiary/aromatic N) is 2. The van der Waals surface area contributed by atoms with Crippen molar-refractivity contribution in [2.24, 2.45) is 5.41 Å². The molecule has 1 aromatic carbocycles. The Morgan fingerprint density at radius 3 is 2.67 bits per heavy atom. The summed E-state index contributed by atoms with van der Waals surface area (Å²) in [7, 11) is 0. The number of amides is 2. The third-order valence-corrected chi connectivity index (χ3v) is 3.12. The zero-order valence-electron chi connectivity index (χ0n) is 10.4. The number of rotatable bonds is 2. The quantitative estimate of drug-likeness (QED) is 0.743. The number of imide groups is 1. The van der Waals surface area contributed by atoms with E-state index in [1.54, 1.807) is 32.0 Å². The van der Waals surface area contributed by atoms with E-state index in [2.05, 4.69) is 0 Å². The molecule has 1 aliphatic heterocycles. The van der Waals surface area contributed by atoms with Crippen LogP contribution in [0.25, 0.3) is 0 Å². The van der Waals surface area contributed by atoms with Gasteiger partial charge in [-0.25, -0.2) is 0 Å². The molecule has 2 rings (SSSR count). The van der Waals surface area contributed by atoms with Gasteiger partial charge in [0.15, 0.2) is 0 Å². The molecule has 0 aromatic heterocycles. The van der Waals surface area contributed by atoms with E-state index in [9.17, 15) is 9.59 Å². The molecule has 4 nitrogen and oxygen atoms in total. The minimum Gasteiger partial charge on any atom is -0.278 e. The van der Waals surface area contributed by atoms with Gasteiger partial charge in [-0.15, -0.1) is 0 Å². The monoisotopic (exact) mass is 242 g/mol. The average Bonchev–Trinajstić information content (AvgIpc) is 2.52. The summed E-state index contributed by atoms with van der Waals surface area (Å²) in [5, 5.41) is 8.81. The molecule has 0 bridgehead atoms. The number of carbonyl (C=O) groups excluding carboxylic acids is 2. The highest BCUT2D eigenvalue weighted by atomic mass is 16.2. The molecule has 0 spiro atoms. The number of nitriles is 1. The summed E-state index contributed by atoms with van der Waals surface area (Å²) in [4.78, 5) is 25.1. The van der Waals surface area contributed by atoms with E-state index >= 15 is 0 Å². The first kappa shape index (κ1) is 12.3. The Morgan fingerprint density at radius 1 is 1.39 bits per heavy atom. The highest BCUT2D eigenvalue weighted by molar-refractivity contribution is 6.05. The maximum atomic E-state index is 12.0. The van der Waals surface area contributed by atoms with Crippen LogP contribution in [0.4, 0.5) is 0 Å². The molecule has 0 saturated carbocycles. The maximum absolute atomic E-state index is 12.0. The SMILES string of the molecule is CC1(C)CC(=O)N(Cc2cccc(C#N)c2)C1=O. The number of hydrogen-bond donors (Lipinski definition) is 0. The number of hydrogen-bond acceptors (Lipinski definition) is 3. The molecule has 2 amide bonds. The first-order valence-electron chi connectivity index (χ1n) is 5.78. The van der Waals surface area contributed by atoms with Crippen LogP contribution in [0, 0.1) is 16.7 Å². The molecule has 0 atom stereocenters. The van der Waals surface area contributed by atoms with Crippen LogP contribution in [-0.2, 0) is 16.1 Å². The van der Waals surface area contributed by atoms with Crippen molar-refractivity contribution in [3.05, 3.63) is 35.4 Å². The fraction of sp³-hybridized carbons (Fsp3) is 0.357. The van der Waals surface area contributed by atoms with Gasteiger partial charge in [0.1, 0.15) is 0 Å². The highest BCUT2D eigenvalue weighted by Gasteiger charge is 2.44. The van der Waals surface area contributed by atoms with Gasteiger partial charge >= 0.3 is 0 Å². The van der Waals surface area contributed by atoms with Crippen molar-refractivity contribution in [3.63, 3.8) is 0 Å². The van der Waals surface area contributed by atoms with Gasteiger partial charge in [0.25, 0.3) is 0 Å². The zero-order valence-corrected chi connectivity index (χ0v) is 10.4. The molecule has 1 heterocycles. The first-order valence-corrected chi connectivity index (χ1v) is 5.78. The van der Waals surface area contributed by atoms with Gasteiger partial charge in [-0.3, -0.25) is 14.5 Å². The van der Waals surface area contributed by atoms with Crippen molar-refractivity contribution >= 4 is 11.8 Å². The lowest BCUT2D eigenvalue weighted by Crippen LogP contribution is -2.32. The Labute approximate surface area is 106 Å². The van der Waals surface area contributed by atoms with E-state index in [0.717, 1.165) is 5.56 Å². The molecule has 0 radical (unpaired) electrons. The van der Waals surface area contributed by atoms with Crippen molar-refractivity contribution in [2.75, 3.05) is 0 Å². The molecule has 18 heavy (non-hydrogen) atoms. The summed E-state index contributed by atoms with van der Waals surface area (Å²) >= 11 is 0. The van der Waals surface area contributed by atoms with Gasteiger partial charge < -0.3 is 0 Å². The summed E-state index contributed by atoms with van der Waals surface area (Å²) in [6.07, 6.45) is 0.254. The van der Waals surface area contributed by atoms with Crippen molar-refractivity contribution in [1.29, 1.82) is 5.26 Å². The first-order chi connectivity index (χ1) is 8.44. The highest BCUT2D eigenvalue weighted by Crippen LogP contribution is 2.32. The van der Waals surface area contributed by atoms with Gasteiger partial charge in [-0.05, 0) is 17.7 Å². The summed E-state index contributed by atoms with van der Waals surface area (Å²) < 4.78 is 0. The lowest BCUT2D eigenvalue weighted by molar-refractivity contribution is -0.141. The Morgan fingerprint density at radius 2 is 2.11 bits per heavy atom. The second kappa shape index (κ2) is 4.26. The van der Waals surface area contributed by atoms with Crippen LogP contribution in [0.3, 0.4) is 0 Å². The molecule has 0 unspecified atom stereocenters. The fourth-order valence-electron chi connectivity index (χ4n) is 2.11. The number of likely N-dealkylation sites (tertiary alicyclic amines) is 1. The van der Waals surface area contributed by atoms with Crippen LogP contribution >= 0.6 is 0 Å². The Hall–Kier alpha value is -2.15. The largest absolute Gasteiger partial charge is 0.278 e. The molecule has 4 heteroatoms. The van der Waals surface area contributed by atoms with Crippen molar-refractivity contribution in [1.82, 2.24) is 4.90 Å². The summed E-state index contributed by atoms with van der Waals surface area (Å²) in [6, 6.07) is 9.00. The van der Waals surface area contributed by atoms with Gasteiger partial charge in [-0.1, -0.05) is 26.0 Å². The van der Waals surface area contributed by atoms with Crippen molar-refractivity contribution in [3.8, 4) is 6.07 Å². The van der Waals surface area contributed by atoms with Crippen LogP contribution in [0.15, 0.2) is 24.3 Å². The van der Waals surface area contributed by atoms with Crippen LogP contribution in [0.5, 0.6) is 0 Å². The minimum absolute atomic E-state index is 0.144. The lowest BCUT2D eigenvalue weighted by Gasteiger charge is -2.17. The average molecular weight is 242 g/mol. The van der Waals surface area contributed by atoms with E-state index < -0.39 is 5.41 Å². The molecular weight excluding hydrogens is 228 g/mol. The second-order valence-electron chi connectivity index (χ2n) is 5.16. The third kappa shape index (κ3) is 2.12. The van der Waals surface area contributed by atoms with E-state index in [1.807, 2.05) is 12.1 Å².